The minimum Gasteiger partial charge on any atom is -0.340 e. The summed E-state index contributed by atoms with van der Waals surface area (Å²) in [5, 5.41) is 2.55. The molecule has 3 nitrogen and oxygen atoms in total. The summed E-state index contributed by atoms with van der Waals surface area (Å²) in [7, 11) is 0. The predicted octanol–water partition coefficient (Wildman–Crippen LogP) is 8.72. The van der Waals surface area contributed by atoms with E-state index in [0.29, 0.717) is 0 Å². The molecule has 2 aromatic heterocycles. The zero-order valence-corrected chi connectivity index (χ0v) is 24.1. The van der Waals surface area contributed by atoms with Crippen molar-refractivity contribution in [2.75, 3.05) is 0 Å². The van der Waals surface area contributed by atoms with Gasteiger partial charge in [0.1, 0.15) is 0 Å². The maximum Gasteiger partial charge on any atom is 0.0602 e. The molecule has 0 saturated carbocycles. The molecule has 0 aliphatic heterocycles. The normalized spacial score (nSPS) is 11.1. The van der Waals surface area contributed by atoms with Crippen molar-refractivity contribution >= 4 is 21.8 Å². The van der Waals surface area contributed by atoms with E-state index in [0.717, 1.165) is 22.8 Å². The van der Waals surface area contributed by atoms with Gasteiger partial charge in [0.05, 0.1) is 16.9 Å². The summed E-state index contributed by atoms with van der Waals surface area (Å²) in [6.45, 7) is 4.36. The average Bonchev–Trinajstić information content (AvgIpc) is 3.56. The summed E-state index contributed by atoms with van der Waals surface area (Å²) >= 11 is 0. The second kappa shape index (κ2) is 10.1. The quantitative estimate of drug-likeness (QED) is 0.171. The average molecular weight is 681 g/mol. The fraction of sp³-hybridized carbons (Fsp3) is 0.0571. The van der Waals surface area contributed by atoms with Gasteiger partial charge in [0.25, 0.3) is 0 Å². The van der Waals surface area contributed by atoms with Crippen LogP contribution in [0, 0.1) is 19.9 Å². The van der Waals surface area contributed by atoms with E-state index in [1.165, 1.54) is 44.1 Å². The first-order valence-corrected chi connectivity index (χ1v) is 12.9. The molecular formula is C35H26IrN3-. The van der Waals surface area contributed by atoms with Gasteiger partial charge in [-0.25, -0.2) is 0 Å². The molecule has 0 saturated heterocycles. The number of nitrogens with zero attached hydrogens (tertiary/aromatic N) is 3. The third-order valence-corrected chi connectivity index (χ3v) is 7.34. The van der Waals surface area contributed by atoms with Crippen LogP contribution in [0.3, 0.4) is 0 Å². The van der Waals surface area contributed by atoms with Crippen molar-refractivity contribution in [3.8, 4) is 33.9 Å². The predicted molar refractivity (Wildman–Crippen MR) is 157 cm³/mol. The van der Waals surface area contributed by atoms with Crippen LogP contribution in [0.15, 0.2) is 122 Å². The minimum atomic E-state index is 0. The van der Waals surface area contributed by atoms with Crippen LogP contribution >= 0.6 is 0 Å². The molecule has 0 bridgehead atoms. The van der Waals surface area contributed by atoms with Crippen LogP contribution in [0.2, 0.25) is 0 Å². The van der Waals surface area contributed by atoms with Gasteiger partial charge < -0.3 is 9.13 Å². The Morgan fingerprint density at radius 1 is 0.667 bits per heavy atom. The standard InChI is InChI=1S/C35H26N3.Ir/c1-24-21-28(22-25(2)34(24)37-20-19-36-35(37)26-11-4-3-5-12-26)27-13-10-14-29(23-27)38-32-17-8-6-15-30(32)31-16-7-9-18-33(31)38;/h3-11,13-23H,1-2H3;/q-1;. The van der Waals surface area contributed by atoms with Crippen LogP contribution < -0.4 is 0 Å². The van der Waals surface area contributed by atoms with Crippen molar-refractivity contribution in [3.63, 3.8) is 0 Å². The zero-order chi connectivity index (χ0) is 25.6. The maximum absolute atomic E-state index is 4.64. The molecule has 191 valence electrons. The molecule has 7 aromatic rings. The summed E-state index contributed by atoms with van der Waals surface area (Å²) < 4.78 is 4.55. The molecule has 0 spiro atoms. The fourth-order valence-corrected chi connectivity index (χ4v) is 5.74. The summed E-state index contributed by atoms with van der Waals surface area (Å²) in [5.74, 6) is 0.901. The molecule has 39 heavy (non-hydrogen) atoms. The van der Waals surface area contributed by atoms with Gasteiger partial charge >= 0.3 is 0 Å². The smallest absolute Gasteiger partial charge is 0.0602 e. The minimum absolute atomic E-state index is 0. The topological polar surface area (TPSA) is 22.8 Å². The monoisotopic (exact) mass is 681 g/mol. The Kier molecular flexibility index (Phi) is 6.52. The Morgan fingerprint density at radius 2 is 1.33 bits per heavy atom. The van der Waals surface area contributed by atoms with E-state index in [-0.39, 0.29) is 20.1 Å². The third-order valence-electron chi connectivity index (χ3n) is 7.34. The Morgan fingerprint density at radius 3 is 2.00 bits per heavy atom. The van der Waals surface area contributed by atoms with E-state index < -0.39 is 0 Å². The van der Waals surface area contributed by atoms with E-state index in [4.69, 9.17) is 0 Å². The van der Waals surface area contributed by atoms with Gasteiger partial charge in [-0.3, -0.25) is 4.98 Å². The number of rotatable bonds is 4. The van der Waals surface area contributed by atoms with Gasteiger partial charge in [0, 0.05) is 54.6 Å². The molecule has 0 N–H and O–H groups in total. The number of benzene rings is 5. The fourth-order valence-electron chi connectivity index (χ4n) is 5.74. The molecule has 0 atom stereocenters. The van der Waals surface area contributed by atoms with Crippen molar-refractivity contribution in [2.45, 2.75) is 13.8 Å². The summed E-state index contributed by atoms with van der Waals surface area (Å²) in [6, 6.07) is 42.0. The van der Waals surface area contributed by atoms with Crippen molar-refractivity contribution in [1.29, 1.82) is 0 Å². The maximum atomic E-state index is 4.64. The van der Waals surface area contributed by atoms with Crippen LogP contribution in [0.1, 0.15) is 11.1 Å². The Bertz CT molecular complexity index is 1870. The molecule has 7 rings (SSSR count). The van der Waals surface area contributed by atoms with E-state index in [9.17, 15) is 0 Å². The summed E-state index contributed by atoms with van der Waals surface area (Å²) in [4.78, 5) is 4.64. The molecular weight excluding hydrogens is 655 g/mol. The van der Waals surface area contributed by atoms with Gasteiger partial charge in [-0.1, -0.05) is 48.5 Å². The molecule has 2 heterocycles. The van der Waals surface area contributed by atoms with Crippen molar-refractivity contribution in [2.24, 2.45) is 0 Å². The zero-order valence-electron chi connectivity index (χ0n) is 21.7. The molecule has 4 heteroatoms. The van der Waals surface area contributed by atoms with Gasteiger partial charge in [0.15, 0.2) is 0 Å². The molecule has 0 fully saturated rings. The van der Waals surface area contributed by atoms with E-state index in [2.05, 4.69) is 125 Å². The number of hydrogen-bond acceptors (Lipinski definition) is 1. The SMILES string of the molecule is Cc1cc(-c2cccc(-n3c4ccccc4c4ccccc43)c2)cc(C)c1-n1ccnc1-c1[c-]cccc1.[Ir]. The van der Waals surface area contributed by atoms with Crippen LogP contribution in [0.25, 0.3) is 55.7 Å². The molecule has 0 aliphatic carbocycles. The first-order chi connectivity index (χ1) is 18.7. The van der Waals surface area contributed by atoms with Crippen LogP contribution in [-0.2, 0) is 20.1 Å². The number of fused-ring (bicyclic) bond motifs is 3. The van der Waals surface area contributed by atoms with Crippen LogP contribution in [-0.4, -0.2) is 14.1 Å². The van der Waals surface area contributed by atoms with Crippen molar-refractivity contribution in [3.05, 3.63) is 139 Å². The number of imidazole rings is 1. The van der Waals surface area contributed by atoms with Gasteiger partial charge in [-0.2, -0.15) is 0 Å². The Hall–Kier alpha value is -4.24. The Balaban J connectivity index is 0.00000277. The molecule has 5 aromatic carbocycles. The molecule has 0 unspecified atom stereocenters. The van der Waals surface area contributed by atoms with Gasteiger partial charge in [0.2, 0.25) is 0 Å². The third kappa shape index (κ3) is 4.23. The number of hydrogen-bond donors (Lipinski definition) is 0. The van der Waals surface area contributed by atoms with E-state index in [1.807, 2.05) is 30.6 Å². The molecule has 0 aliphatic rings. The summed E-state index contributed by atoms with van der Waals surface area (Å²) in [5.41, 5.74) is 10.6. The first kappa shape index (κ1) is 25.1. The largest absolute Gasteiger partial charge is 0.340 e. The van der Waals surface area contributed by atoms with Gasteiger partial charge in [-0.05, 0) is 72.5 Å². The second-order valence-electron chi connectivity index (χ2n) is 9.78. The number of para-hydroxylation sites is 2. The van der Waals surface area contributed by atoms with Crippen molar-refractivity contribution < 1.29 is 20.1 Å². The number of aromatic nitrogens is 3. The van der Waals surface area contributed by atoms with Gasteiger partial charge in [-0.15, -0.1) is 35.9 Å². The number of aryl methyl sites for hydroxylation is 2. The van der Waals surface area contributed by atoms with E-state index >= 15 is 0 Å². The summed E-state index contributed by atoms with van der Waals surface area (Å²) in [6.07, 6.45) is 3.90. The second-order valence-corrected chi connectivity index (χ2v) is 9.78. The van der Waals surface area contributed by atoms with Crippen LogP contribution in [0.4, 0.5) is 0 Å². The Labute approximate surface area is 241 Å². The first-order valence-electron chi connectivity index (χ1n) is 12.9. The molecule has 1 radical (unpaired) electrons. The van der Waals surface area contributed by atoms with Crippen molar-refractivity contribution in [1.82, 2.24) is 14.1 Å². The molecule has 0 amide bonds. The van der Waals surface area contributed by atoms with Crippen LogP contribution in [0.5, 0.6) is 0 Å². The van der Waals surface area contributed by atoms with E-state index in [1.54, 1.807) is 0 Å².